The Labute approximate surface area is 259 Å². The zero-order valence-corrected chi connectivity index (χ0v) is 25.7. The number of likely N-dealkylation sites (tertiary alicyclic amines) is 1. The van der Waals surface area contributed by atoms with Gasteiger partial charge in [0.15, 0.2) is 0 Å². The number of benzene rings is 3. The van der Waals surface area contributed by atoms with Gasteiger partial charge in [0.2, 0.25) is 0 Å². The molecule has 1 fully saturated rings. The van der Waals surface area contributed by atoms with Crippen molar-refractivity contribution in [2.75, 3.05) is 19.6 Å². The summed E-state index contributed by atoms with van der Waals surface area (Å²) in [5.74, 6) is 3.48. The van der Waals surface area contributed by atoms with E-state index in [2.05, 4.69) is 70.6 Å². The van der Waals surface area contributed by atoms with Crippen LogP contribution in [0.1, 0.15) is 68.4 Å². The molecule has 220 valence electrons. The summed E-state index contributed by atoms with van der Waals surface area (Å²) in [6, 6.07) is 25.9. The van der Waals surface area contributed by atoms with E-state index in [0.29, 0.717) is 16.9 Å². The second kappa shape index (κ2) is 13.1. The van der Waals surface area contributed by atoms with Gasteiger partial charge in [-0.1, -0.05) is 25.4 Å². The van der Waals surface area contributed by atoms with Crippen LogP contribution in [0.4, 0.5) is 0 Å². The number of hydrogen-bond acceptors (Lipinski definition) is 4. The maximum Gasteiger partial charge on any atom is 0.127 e. The summed E-state index contributed by atoms with van der Waals surface area (Å²) in [6.07, 6.45) is 9.02. The maximum atomic E-state index is 9.14. The van der Waals surface area contributed by atoms with Gasteiger partial charge in [0.05, 0.1) is 17.3 Å². The monoisotopic (exact) mass is 591 g/mol. The third-order valence-electron chi connectivity index (χ3n) is 8.46. The molecular formula is C36H38ClN5O. The number of aromatic nitrogens is 3. The molecule has 6 nitrogen and oxygen atoms in total. The minimum absolute atomic E-state index is 0.324. The van der Waals surface area contributed by atoms with Crippen molar-refractivity contribution in [2.24, 2.45) is 0 Å². The van der Waals surface area contributed by atoms with Gasteiger partial charge in [0.25, 0.3) is 0 Å². The number of hydrogen-bond donors (Lipinski definition) is 0. The maximum absolute atomic E-state index is 9.14. The molecule has 7 heteroatoms. The van der Waals surface area contributed by atoms with Gasteiger partial charge in [-0.05, 0) is 118 Å². The van der Waals surface area contributed by atoms with Crippen molar-refractivity contribution < 1.29 is 4.74 Å². The van der Waals surface area contributed by atoms with E-state index in [4.69, 9.17) is 26.6 Å². The van der Waals surface area contributed by atoms with E-state index >= 15 is 0 Å². The predicted molar refractivity (Wildman–Crippen MR) is 173 cm³/mol. The Kier molecular flexibility index (Phi) is 8.83. The fourth-order valence-electron chi connectivity index (χ4n) is 6.07. The molecule has 0 amide bonds. The zero-order chi connectivity index (χ0) is 29.8. The molecule has 3 aromatic carbocycles. The summed E-state index contributed by atoms with van der Waals surface area (Å²) in [5.41, 5.74) is 4.24. The molecule has 0 spiro atoms. The summed E-state index contributed by atoms with van der Waals surface area (Å²) in [5, 5.41) is 11.0. The van der Waals surface area contributed by atoms with Gasteiger partial charge in [-0.15, -0.1) is 0 Å². The van der Waals surface area contributed by atoms with Crippen LogP contribution in [0, 0.1) is 11.3 Å². The smallest absolute Gasteiger partial charge is 0.127 e. The Morgan fingerprint density at radius 1 is 0.930 bits per heavy atom. The highest BCUT2D eigenvalue weighted by molar-refractivity contribution is 6.30. The number of nitrogens with zero attached hydrogens (tertiary/aromatic N) is 5. The van der Waals surface area contributed by atoms with Crippen LogP contribution >= 0.6 is 11.6 Å². The van der Waals surface area contributed by atoms with E-state index < -0.39 is 0 Å². The van der Waals surface area contributed by atoms with Crippen LogP contribution in [0.25, 0.3) is 16.6 Å². The number of nitriles is 1. The van der Waals surface area contributed by atoms with Crippen LogP contribution in [-0.4, -0.2) is 38.7 Å². The van der Waals surface area contributed by atoms with Crippen molar-refractivity contribution in [3.8, 4) is 23.3 Å². The number of aryl methyl sites for hydroxylation is 1. The molecule has 1 saturated heterocycles. The second-order valence-corrected chi connectivity index (χ2v) is 12.3. The average molecular weight is 592 g/mol. The molecule has 2 aromatic heterocycles. The van der Waals surface area contributed by atoms with Gasteiger partial charge in [0.1, 0.15) is 17.3 Å². The van der Waals surface area contributed by atoms with E-state index in [9.17, 15) is 0 Å². The largest absolute Gasteiger partial charge is 0.457 e. The van der Waals surface area contributed by atoms with Crippen molar-refractivity contribution in [1.29, 1.82) is 5.26 Å². The van der Waals surface area contributed by atoms with Crippen LogP contribution in [0.2, 0.25) is 5.02 Å². The molecule has 1 aliphatic heterocycles. The minimum Gasteiger partial charge on any atom is -0.457 e. The summed E-state index contributed by atoms with van der Waals surface area (Å²) in [4.78, 5) is 7.77. The van der Waals surface area contributed by atoms with Crippen LogP contribution in [0.15, 0.2) is 85.2 Å². The number of rotatable bonds is 10. The summed E-state index contributed by atoms with van der Waals surface area (Å²) < 4.78 is 10.6. The molecule has 43 heavy (non-hydrogen) atoms. The van der Waals surface area contributed by atoms with Crippen LogP contribution in [0.5, 0.6) is 11.5 Å². The van der Waals surface area contributed by atoms with Crippen LogP contribution in [0.3, 0.4) is 0 Å². The molecule has 0 radical (unpaired) electrons. The van der Waals surface area contributed by atoms with Gasteiger partial charge < -0.3 is 18.8 Å². The molecular weight excluding hydrogens is 554 g/mol. The van der Waals surface area contributed by atoms with Gasteiger partial charge in [-0.2, -0.15) is 5.26 Å². The van der Waals surface area contributed by atoms with Crippen molar-refractivity contribution in [3.05, 3.63) is 107 Å². The van der Waals surface area contributed by atoms with Crippen LogP contribution in [-0.2, 0) is 6.54 Å². The molecule has 0 saturated carbocycles. The molecule has 0 unspecified atom stereocenters. The molecule has 0 aliphatic carbocycles. The summed E-state index contributed by atoms with van der Waals surface area (Å²) in [6.45, 7) is 8.81. The highest BCUT2D eigenvalue weighted by Crippen LogP contribution is 2.31. The van der Waals surface area contributed by atoms with Gasteiger partial charge in [0, 0.05) is 52.4 Å². The SMILES string of the molecule is CC(C)c1nc(C2CCN(CCCCn3ccc4cc(C#N)ccc43)CC2)cn1-c1ccc(Oc2ccc(Cl)cc2)cc1. The number of piperidine rings is 1. The second-order valence-electron chi connectivity index (χ2n) is 11.8. The Balaban J connectivity index is 1.02. The fraction of sp³-hybridized carbons (Fsp3) is 0.333. The third kappa shape index (κ3) is 6.80. The molecule has 5 aromatic rings. The van der Waals surface area contributed by atoms with Crippen molar-refractivity contribution in [1.82, 2.24) is 19.0 Å². The molecule has 6 rings (SSSR count). The normalized spacial score (nSPS) is 14.4. The standard InChI is InChI=1S/C36H38ClN5O/c1-26(2)36-39-34(25-42(36)31-8-12-33(13-9-31)43-32-10-6-30(37)7-11-32)28-15-20-40(21-16-28)18-3-4-19-41-22-17-29-23-27(24-38)5-14-35(29)41/h5-14,17,22-23,25-26,28H,3-4,15-16,18-21H2,1-2H3. The lowest BCUT2D eigenvalue weighted by Gasteiger charge is -2.31. The van der Waals surface area contributed by atoms with E-state index in [1.807, 2.05) is 48.5 Å². The van der Waals surface area contributed by atoms with E-state index in [1.165, 1.54) is 17.6 Å². The fourth-order valence-corrected chi connectivity index (χ4v) is 6.20. The number of unbranched alkanes of at least 4 members (excludes halogenated alkanes) is 1. The van der Waals surface area contributed by atoms with Gasteiger partial charge >= 0.3 is 0 Å². The van der Waals surface area contributed by atoms with Crippen LogP contribution < -0.4 is 4.74 Å². The lowest BCUT2D eigenvalue weighted by Crippen LogP contribution is -2.33. The van der Waals surface area contributed by atoms with Crippen molar-refractivity contribution >= 4 is 22.5 Å². The van der Waals surface area contributed by atoms with Gasteiger partial charge in [-0.3, -0.25) is 0 Å². The molecule has 3 heterocycles. The Morgan fingerprint density at radius 3 is 2.33 bits per heavy atom. The number of ether oxygens (including phenoxy) is 1. The van der Waals surface area contributed by atoms with E-state index in [-0.39, 0.29) is 0 Å². The first-order chi connectivity index (χ1) is 21.0. The first kappa shape index (κ1) is 29.0. The predicted octanol–water partition coefficient (Wildman–Crippen LogP) is 8.93. The van der Waals surface area contributed by atoms with Gasteiger partial charge in [-0.25, -0.2) is 4.98 Å². The van der Waals surface area contributed by atoms with Crippen molar-refractivity contribution in [3.63, 3.8) is 0 Å². The topological polar surface area (TPSA) is 59.0 Å². The highest BCUT2D eigenvalue weighted by Gasteiger charge is 2.24. The average Bonchev–Trinajstić information content (AvgIpc) is 3.66. The number of fused-ring (bicyclic) bond motifs is 1. The van der Waals surface area contributed by atoms with E-state index in [1.54, 1.807) is 0 Å². The quantitative estimate of drug-likeness (QED) is 0.152. The van der Waals surface area contributed by atoms with E-state index in [0.717, 1.165) is 79.4 Å². The highest BCUT2D eigenvalue weighted by atomic mass is 35.5. The Morgan fingerprint density at radius 2 is 1.63 bits per heavy atom. The third-order valence-corrected chi connectivity index (χ3v) is 8.71. The molecule has 0 N–H and O–H groups in total. The Bertz CT molecular complexity index is 1700. The molecule has 0 atom stereocenters. The number of halogens is 1. The minimum atomic E-state index is 0.324. The summed E-state index contributed by atoms with van der Waals surface area (Å²) in [7, 11) is 0. The first-order valence-electron chi connectivity index (χ1n) is 15.3. The lowest BCUT2D eigenvalue weighted by atomic mass is 9.94. The Hall–Kier alpha value is -4.05. The zero-order valence-electron chi connectivity index (χ0n) is 24.9. The van der Waals surface area contributed by atoms with Crippen molar-refractivity contribution in [2.45, 2.75) is 57.9 Å². The lowest BCUT2D eigenvalue weighted by molar-refractivity contribution is 0.206. The molecule has 1 aliphatic rings. The first-order valence-corrected chi connectivity index (χ1v) is 15.7. The number of imidazole rings is 1. The molecule has 0 bridgehead atoms. The summed E-state index contributed by atoms with van der Waals surface area (Å²) >= 11 is 6.00.